The number of aromatic nitrogens is 2. The van der Waals surface area contributed by atoms with Crippen molar-refractivity contribution in [1.29, 1.82) is 0 Å². The van der Waals surface area contributed by atoms with E-state index >= 15 is 0 Å². The SMILES string of the molecule is C/C(=N\NC(=O)CSc1nc2ccccc2n1Cc1ccccc1)c1ccc(F)cc1. The van der Waals surface area contributed by atoms with Crippen LogP contribution in [0, 0.1) is 5.82 Å². The van der Waals surface area contributed by atoms with Crippen molar-refractivity contribution in [3.63, 3.8) is 0 Å². The zero-order valence-corrected chi connectivity index (χ0v) is 17.8. The van der Waals surface area contributed by atoms with E-state index in [-0.39, 0.29) is 17.5 Å². The summed E-state index contributed by atoms with van der Waals surface area (Å²) in [5.41, 5.74) is 7.01. The van der Waals surface area contributed by atoms with Gasteiger partial charge in [-0.1, -0.05) is 66.4 Å². The highest BCUT2D eigenvalue weighted by Gasteiger charge is 2.13. The Kier molecular flexibility index (Phi) is 6.43. The van der Waals surface area contributed by atoms with Gasteiger partial charge in [0, 0.05) is 0 Å². The van der Waals surface area contributed by atoms with Crippen LogP contribution in [-0.4, -0.2) is 26.9 Å². The van der Waals surface area contributed by atoms with E-state index in [9.17, 15) is 9.18 Å². The summed E-state index contributed by atoms with van der Waals surface area (Å²) in [6.45, 7) is 2.44. The predicted molar refractivity (Wildman–Crippen MR) is 123 cm³/mol. The van der Waals surface area contributed by atoms with Gasteiger partial charge in [-0.2, -0.15) is 5.10 Å². The third-order valence-electron chi connectivity index (χ3n) is 4.75. The Morgan fingerprint density at radius 3 is 2.52 bits per heavy atom. The first-order chi connectivity index (χ1) is 15.1. The molecule has 0 saturated carbocycles. The second-order valence-corrected chi connectivity index (χ2v) is 7.93. The molecule has 31 heavy (non-hydrogen) atoms. The summed E-state index contributed by atoms with van der Waals surface area (Å²) in [7, 11) is 0. The molecule has 0 fully saturated rings. The van der Waals surface area contributed by atoms with Crippen molar-refractivity contribution in [3.8, 4) is 0 Å². The molecule has 0 aliphatic carbocycles. The number of hydrogen-bond acceptors (Lipinski definition) is 4. The number of carbonyl (C=O) groups is 1. The fourth-order valence-electron chi connectivity index (χ4n) is 3.15. The van der Waals surface area contributed by atoms with Gasteiger partial charge in [0.05, 0.1) is 29.0 Å². The summed E-state index contributed by atoms with van der Waals surface area (Å²) in [5, 5.41) is 4.90. The average molecular weight is 433 g/mol. The lowest BCUT2D eigenvalue weighted by atomic mass is 10.1. The maximum atomic E-state index is 13.1. The van der Waals surface area contributed by atoms with Gasteiger partial charge in [-0.15, -0.1) is 0 Å². The first kappa shape index (κ1) is 20.8. The number of nitrogens with zero attached hydrogens (tertiary/aromatic N) is 3. The Labute approximate surface area is 184 Å². The maximum Gasteiger partial charge on any atom is 0.250 e. The fourth-order valence-corrected chi connectivity index (χ4v) is 3.95. The van der Waals surface area contributed by atoms with Crippen LogP contribution in [0.25, 0.3) is 11.0 Å². The second-order valence-electron chi connectivity index (χ2n) is 6.98. The Bertz CT molecular complexity index is 1220. The molecule has 156 valence electrons. The molecular formula is C24H21FN4OS. The fraction of sp³-hybridized carbons (Fsp3) is 0.125. The van der Waals surface area contributed by atoms with Gasteiger partial charge < -0.3 is 4.57 Å². The molecule has 1 heterocycles. The van der Waals surface area contributed by atoms with E-state index < -0.39 is 0 Å². The first-order valence-electron chi connectivity index (χ1n) is 9.81. The molecule has 0 radical (unpaired) electrons. The minimum atomic E-state index is -0.310. The molecule has 5 nitrogen and oxygen atoms in total. The van der Waals surface area contributed by atoms with Crippen molar-refractivity contribution in [2.24, 2.45) is 5.10 Å². The van der Waals surface area contributed by atoms with Gasteiger partial charge in [0.25, 0.3) is 5.91 Å². The number of amides is 1. The summed E-state index contributed by atoms with van der Waals surface area (Å²) < 4.78 is 15.2. The first-order valence-corrected chi connectivity index (χ1v) is 10.8. The van der Waals surface area contributed by atoms with Crippen LogP contribution in [-0.2, 0) is 11.3 Å². The van der Waals surface area contributed by atoms with Crippen LogP contribution in [0.5, 0.6) is 0 Å². The third kappa shape index (κ3) is 5.19. The molecular weight excluding hydrogens is 411 g/mol. The van der Waals surface area contributed by atoms with Crippen molar-refractivity contribution in [2.75, 3.05) is 5.75 Å². The molecule has 1 aromatic heterocycles. The number of para-hydroxylation sites is 2. The number of hydrogen-bond donors (Lipinski definition) is 1. The highest BCUT2D eigenvalue weighted by Crippen LogP contribution is 2.25. The summed E-state index contributed by atoms with van der Waals surface area (Å²) >= 11 is 1.37. The van der Waals surface area contributed by atoms with Gasteiger partial charge in [0.2, 0.25) is 0 Å². The van der Waals surface area contributed by atoms with Crippen LogP contribution in [0.15, 0.2) is 89.1 Å². The number of carbonyl (C=O) groups excluding carboxylic acids is 1. The summed E-state index contributed by atoms with van der Waals surface area (Å²) in [6, 6.07) is 24.1. The number of nitrogens with one attached hydrogen (secondary N) is 1. The highest BCUT2D eigenvalue weighted by atomic mass is 32.2. The van der Waals surface area contributed by atoms with Crippen molar-refractivity contribution in [3.05, 3.63) is 95.8 Å². The number of imidazole rings is 1. The van der Waals surface area contributed by atoms with Gasteiger partial charge in [-0.3, -0.25) is 4.79 Å². The molecule has 3 aromatic carbocycles. The van der Waals surface area contributed by atoms with E-state index in [0.29, 0.717) is 12.3 Å². The van der Waals surface area contributed by atoms with Crippen molar-refractivity contribution < 1.29 is 9.18 Å². The smallest absolute Gasteiger partial charge is 0.250 e. The predicted octanol–water partition coefficient (Wildman–Crippen LogP) is 4.86. The minimum absolute atomic E-state index is 0.179. The van der Waals surface area contributed by atoms with Crippen LogP contribution in [0.1, 0.15) is 18.1 Å². The molecule has 1 N–H and O–H groups in total. The van der Waals surface area contributed by atoms with Crippen LogP contribution < -0.4 is 5.43 Å². The van der Waals surface area contributed by atoms with Crippen molar-refractivity contribution in [1.82, 2.24) is 15.0 Å². The van der Waals surface area contributed by atoms with Crippen LogP contribution >= 0.6 is 11.8 Å². The Hall–Kier alpha value is -3.45. The van der Waals surface area contributed by atoms with E-state index in [2.05, 4.69) is 27.2 Å². The number of fused-ring (bicyclic) bond motifs is 1. The van der Waals surface area contributed by atoms with Crippen LogP contribution in [0.3, 0.4) is 0 Å². The van der Waals surface area contributed by atoms with E-state index in [0.717, 1.165) is 27.3 Å². The Balaban J connectivity index is 1.46. The minimum Gasteiger partial charge on any atom is -0.314 e. The molecule has 0 atom stereocenters. The molecule has 0 saturated heterocycles. The number of halogens is 1. The molecule has 7 heteroatoms. The number of thioether (sulfide) groups is 1. The van der Waals surface area contributed by atoms with Crippen molar-refractivity contribution in [2.45, 2.75) is 18.6 Å². The summed E-state index contributed by atoms with van der Waals surface area (Å²) in [5.74, 6) is -0.363. The molecule has 0 aliphatic heterocycles. The summed E-state index contributed by atoms with van der Waals surface area (Å²) in [6.07, 6.45) is 0. The van der Waals surface area contributed by atoms with Gasteiger partial charge in [-0.05, 0) is 42.3 Å². The van der Waals surface area contributed by atoms with Crippen molar-refractivity contribution >= 4 is 34.4 Å². The van der Waals surface area contributed by atoms with E-state index in [1.165, 1.54) is 23.9 Å². The number of hydrazone groups is 1. The summed E-state index contributed by atoms with van der Waals surface area (Å²) in [4.78, 5) is 17.1. The Morgan fingerprint density at radius 1 is 1.03 bits per heavy atom. The lowest BCUT2D eigenvalue weighted by molar-refractivity contribution is -0.118. The molecule has 0 bridgehead atoms. The van der Waals surface area contributed by atoms with E-state index in [4.69, 9.17) is 4.98 Å². The van der Waals surface area contributed by atoms with Gasteiger partial charge >= 0.3 is 0 Å². The average Bonchev–Trinajstić information content (AvgIpc) is 3.14. The molecule has 0 unspecified atom stereocenters. The molecule has 0 aliphatic rings. The number of benzene rings is 3. The van der Waals surface area contributed by atoms with Gasteiger partial charge in [0.1, 0.15) is 5.82 Å². The topological polar surface area (TPSA) is 59.3 Å². The lowest BCUT2D eigenvalue weighted by Crippen LogP contribution is -2.21. The van der Waals surface area contributed by atoms with Gasteiger partial charge in [0.15, 0.2) is 5.16 Å². The molecule has 1 amide bonds. The quantitative estimate of drug-likeness (QED) is 0.258. The monoisotopic (exact) mass is 432 g/mol. The normalized spacial score (nSPS) is 11.6. The van der Waals surface area contributed by atoms with Gasteiger partial charge in [-0.25, -0.2) is 14.8 Å². The Morgan fingerprint density at radius 2 is 1.74 bits per heavy atom. The number of rotatable bonds is 7. The van der Waals surface area contributed by atoms with E-state index in [1.807, 2.05) is 42.5 Å². The van der Waals surface area contributed by atoms with Crippen LogP contribution in [0.2, 0.25) is 0 Å². The lowest BCUT2D eigenvalue weighted by Gasteiger charge is -2.09. The van der Waals surface area contributed by atoms with Crippen LogP contribution in [0.4, 0.5) is 4.39 Å². The second kappa shape index (κ2) is 9.57. The largest absolute Gasteiger partial charge is 0.314 e. The highest BCUT2D eigenvalue weighted by molar-refractivity contribution is 7.99. The molecule has 4 aromatic rings. The molecule has 4 rings (SSSR count). The standard InChI is InChI=1S/C24H21FN4OS/c1-17(19-11-13-20(25)14-12-19)27-28-23(30)16-31-24-26-21-9-5-6-10-22(21)29(24)15-18-7-3-2-4-8-18/h2-14H,15-16H2,1H3,(H,28,30)/b27-17+. The maximum absolute atomic E-state index is 13.1. The third-order valence-corrected chi connectivity index (χ3v) is 5.72. The zero-order valence-electron chi connectivity index (χ0n) is 17.0. The molecule has 0 spiro atoms. The zero-order chi connectivity index (χ0) is 21.6. The van der Waals surface area contributed by atoms with E-state index in [1.54, 1.807) is 19.1 Å².